The van der Waals surface area contributed by atoms with E-state index in [-0.39, 0.29) is 15.7 Å². The number of carbonyl (C=O) groups is 3. The molecule has 8 heteroatoms. The van der Waals surface area contributed by atoms with Crippen molar-refractivity contribution in [3.05, 3.63) is 64.1 Å². The van der Waals surface area contributed by atoms with Crippen LogP contribution in [0.3, 0.4) is 0 Å². The molecule has 2 amide bonds. The van der Waals surface area contributed by atoms with Gasteiger partial charge in [-0.05, 0) is 31.2 Å². The molecule has 0 aliphatic carbocycles. The Kier molecular flexibility index (Phi) is 7.00. The highest BCUT2D eigenvalue weighted by atomic mass is 35.5. The lowest BCUT2D eigenvalue weighted by Gasteiger charge is -2.14. The number of rotatable bonds is 6. The van der Waals surface area contributed by atoms with Crippen molar-refractivity contribution in [3.8, 4) is 0 Å². The lowest BCUT2D eigenvalue weighted by molar-refractivity contribution is -0.148. The zero-order valence-corrected chi connectivity index (χ0v) is 15.3. The summed E-state index contributed by atoms with van der Waals surface area (Å²) in [6.45, 7) is 0.929. The number of hydrogen-bond donors (Lipinski definition) is 2. The Morgan fingerprint density at radius 3 is 2.23 bits per heavy atom. The van der Waals surface area contributed by atoms with E-state index < -0.39 is 30.4 Å². The van der Waals surface area contributed by atoms with E-state index in [4.69, 9.17) is 27.9 Å². The SMILES string of the molecule is CC(NC(=O)c1ccccc1)C(=O)OCC(=O)Nc1c(Cl)cccc1Cl. The first-order valence-corrected chi connectivity index (χ1v) is 8.40. The van der Waals surface area contributed by atoms with Gasteiger partial charge in [0.2, 0.25) is 0 Å². The second-order valence-electron chi connectivity index (χ2n) is 5.31. The predicted molar refractivity (Wildman–Crippen MR) is 99.4 cm³/mol. The highest BCUT2D eigenvalue weighted by Crippen LogP contribution is 2.29. The molecule has 26 heavy (non-hydrogen) atoms. The van der Waals surface area contributed by atoms with Crippen LogP contribution in [0.1, 0.15) is 17.3 Å². The quantitative estimate of drug-likeness (QED) is 0.736. The molecule has 2 N–H and O–H groups in total. The van der Waals surface area contributed by atoms with E-state index in [1.165, 1.54) is 6.92 Å². The lowest BCUT2D eigenvalue weighted by Crippen LogP contribution is -2.40. The van der Waals surface area contributed by atoms with Gasteiger partial charge in [-0.1, -0.05) is 47.5 Å². The fourth-order valence-electron chi connectivity index (χ4n) is 1.98. The number of carbonyl (C=O) groups excluding carboxylic acids is 3. The van der Waals surface area contributed by atoms with Gasteiger partial charge in [-0.3, -0.25) is 9.59 Å². The Labute approximate surface area is 160 Å². The first-order chi connectivity index (χ1) is 12.4. The zero-order valence-electron chi connectivity index (χ0n) is 13.8. The minimum absolute atomic E-state index is 0.238. The molecule has 2 rings (SSSR count). The Morgan fingerprint density at radius 2 is 1.62 bits per heavy atom. The van der Waals surface area contributed by atoms with Crippen LogP contribution in [-0.2, 0) is 14.3 Å². The van der Waals surface area contributed by atoms with Crippen LogP contribution in [0.25, 0.3) is 0 Å². The Hall–Kier alpha value is -2.57. The largest absolute Gasteiger partial charge is 0.454 e. The predicted octanol–water partition coefficient (Wildman–Crippen LogP) is 3.29. The summed E-state index contributed by atoms with van der Waals surface area (Å²) < 4.78 is 4.90. The van der Waals surface area contributed by atoms with Crippen LogP contribution in [0.4, 0.5) is 5.69 Å². The first kappa shape index (κ1) is 19.8. The molecule has 0 spiro atoms. The smallest absolute Gasteiger partial charge is 0.328 e. The van der Waals surface area contributed by atoms with Gasteiger partial charge in [-0.15, -0.1) is 0 Å². The molecule has 1 unspecified atom stereocenters. The molecule has 0 radical (unpaired) electrons. The summed E-state index contributed by atoms with van der Waals surface area (Å²) in [4.78, 5) is 35.8. The summed E-state index contributed by atoms with van der Waals surface area (Å²) >= 11 is 11.9. The molecule has 6 nitrogen and oxygen atoms in total. The number of anilines is 1. The molecule has 0 fully saturated rings. The third-order valence-electron chi connectivity index (χ3n) is 3.31. The molecule has 0 aliphatic rings. The molecular formula is C18H16Cl2N2O4. The number of halogens is 2. The number of benzene rings is 2. The molecule has 0 bridgehead atoms. The topological polar surface area (TPSA) is 84.5 Å². The van der Waals surface area contributed by atoms with Crippen LogP contribution in [0, 0.1) is 0 Å². The molecule has 0 saturated carbocycles. The van der Waals surface area contributed by atoms with Crippen molar-refractivity contribution in [2.45, 2.75) is 13.0 Å². The summed E-state index contributed by atoms with van der Waals surface area (Å²) in [5.41, 5.74) is 0.653. The monoisotopic (exact) mass is 394 g/mol. The van der Waals surface area contributed by atoms with Crippen molar-refractivity contribution < 1.29 is 19.1 Å². The maximum atomic E-state index is 12.0. The standard InChI is InChI=1S/C18H16Cl2N2O4/c1-11(21-17(24)12-6-3-2-4-7-12)18(25)26-10-15(23)22-16-13(19)8-5-9-14(16)20/h2-9,11H,10H2,1H3,(H,21,24)(H,22,23). The molecular weight excluding hydrogens is 379 g/mol. The van der Waals surface area contributed by atoms with Crippen LogP contribution >= 0.6 is 23.2 Å². The van der Waals surface area contributed by atoms with Crippen LogP contribution < -0.4 is 10.6 Å². The lowest BCUT2D eigenvalue weighted by atomic mass is 10.2. The molecule has 0 heterocycles. The Balaban J connectivity index is 1.84. The fraction of sp³-hybridized carbons (Fsp3) is 0.167. The van der Waals surface area contributed by atoms with Crippen LogP contribution in [0.5, 0.6) is 0 Å². The van der Waals surface area contributed by atoms with Gasteiger partial charge in [-0.25, -0.2) is 4.79 Å². The number of esters is 1. The van der Waals surface area contributed by atoms with E-state index in [1.54, 1.807) is 48.5 Å². The number of amides is 2. The van der Waals surface area contributed by atoms with Crippen molar-refractivity contribution in [1.29, 1.82) is 0 Å². The van der Waals surface area contributed by atoms with E-state index >= 15 is 0 Å². The van der Waals surface area contributed by atoms with E-state index in [0.717, 1.165) is 0 Å². The van der Waals surface area contributed by atoms with E-state index in [2.05, 4.69) is 10.6 Å². The van der Waals surface area contributed by atoms with Crippen molar-refractivity contribution in [2.75, 3.05) is 11.9 Å². The zero-order chi connectivity index (χ0) is 19.1. The number of hydrogen-bond acceptors (Lipinski definition) is 4. The van der Waals surface area contributed by atoms with Gasteiger partial charge in [-0.2, -0.15) is 0 Å². The fourth-order valence-corrected chi connectivity index (χ4v) is 2.47. The summed E-state index contributed by atoms with van der Waals surface area (Å²) in [5.74, 6) is -1.76. The number of nitrogens with one attached hydrogen (secondary N) is 2. The summed E-state index contributed by atoms with van der Waals surface area (Å²) in [7, 11) is 0. The maximum Gasteiger partial charge on any atom is 0.328 e. The third-order valence-corrected chi connectivity index (χ3v) is 3.94. The van der Waals surface area contributed by atoms with Crippen molar-refractivity contribution in [2.24, 2.45) is 0 Å². The second kappa shape index (κ2) is 9.22. The summed E-state index contributed by atoms with van der Waals surface area (Å²) in [5, 5.41) is 5.50. The van der Waals surface area contributed by atoms with Crippen molar-refractivity contribution in [3.63, 3.8) is 0 Å². The van der Waals surface area contributed by atoms with Gasteiger partial charge >= 0.3 is 5.97 Å². The van der Waals surface area contributed by atoms with Crippen LogP contribution in [-0.4, -0.2) is 30.4 Å². The number of ether oxygens (including phenoxy) is 1. The van der Waals surface area contributed by atoms with Gasteiger partial charge < -0.3 is 15.4 Å². The van der Waals surface area contributed by atoms with Crippen molar-refractivity contribution >= 4 is 46.7 Å². The van der Waals surface area contributed by atoms with E-state index in [9.17, 15) is 14.4 Å². The molecule has 0 aliphatic heterocycles. The minimum atomic E-state index is -0.917. The normalized spacial score (nSPS) is 11.3. The average Bonchev–Trinajstić information content (AvgIpc) is 2.63. The van der Waals surface area contributed by atoms with Gasteiger partial charge in [0, 0.05) is 5.56 Å². The minimum Gasteiger partial charge on any atom is -0.454 e. The molecule has 1 atom stereocenters. The van der Waals surface area contributed by atoms with E-state index in [0.29, 0.717) is 5.56 Å². The van der Waals surface area contributed by atoms with Gasteiger partial charge in [0.05, 0.1) is 15.7 Å². The summed E-state index contributed by atoms with van der Waals surface area (Å²) in [6, 6.07) is 12.3. The van der Waals surface area contributed by atoms with Gasteiger partial charge in [0.1, 0.15) is 6.04 Å². The molecule has 2 aromatic carbocycles. The Bertz CT molecular complexity index is 792. The Morgan fingerprint density at radius 1 is 1.00 bits per heavy atom. The molecule has 136 valence electrons. The van der Waals surface area contributed by atoms with E-state index in [1.807, 2.05) is 0 Å². The highest BCUT2D eigenvalue weighted by Gasteiger charge is 2.19. The number of para-hydroxylation sites is 1. The highest BCUT2D eigenvalue weighted by molar-refractivity contribution is 6.39. The molecule has 0 saturated heterocycles. The molecule has 0 aromatic heterocycles. The van der Waals surface area contributed by atoms with Crippen LogP contribution in [0.2, 0.25) is 10.0 Å². The average molecular weight is 395 g/mol. The van der Waals surface area contributed by atoms with Crippen molar-refractivity contribution in [1.82, 2.24) is 5.32 Å². The molecule has 2 aromatic rings. The first-order valence-electron chi connectivity index (χ1n) is 7.65. The van der Waals surface area contributed by atoms with Gasteiger partial charge in [0.25, 0.3) is 11.8 Å². The summed E-state index contributed by atoms with van der Waals surface area (Å²) in [6.07, 6.45) is 0. The maximum absolute atomic E-state index is 12.0. The van der Waals surface area contributed by atoms with Gasteiger partial charge in [0.15, 0.2) is 6.61 Å². The third kappa shape index (κ3) is 5.47. The van der Waals surface area contributed by atoms with Crippen LogP contribution in [0.15, 0.2) is 48.5 Å². The second-order valence-corrected chi connectivity index (χ2v) is 6.13.